The third-order valence-corrected chi connectivity index (χ3v) is 2.15. The number of fused-ring (bicyclic) bond motifs is 1. The summed E-state index contributed by atoms with van der Waals surface area (Å²) >= 11 is 0. The first-order valence-electron chi connectivity index (χ1n) is 4.37. The highest BCUT2D eigenvalue weighted by Gasteiger charge is 2.06. The van der Waals surface area contributed by atoms with Crippen molar-refractivity contribution in [3.8, 4) is 11.6 Å². The molecule has 4 heteroatoms. The van der Waals surface area contributed by atoms with Crippen molar-refractivity contribution in [3.05, 3.63) is 43.0 Å². The number of pyridine rings is 1. The molecule has 4 nitrogen and oxygen atoms in total. The molecular formula is C10H8N4. The van der Waals surface area contributed by atoms with Crippen LogP contribution in [0.1, 0.15) is 0 Å². The predicted octanol–water partition coefficient (Wildman–Crippen LogP) is 1.72. The Kier molecular flexibility index (Phi) is 1.41. The number of nitrogens with zero attached hydrogens (tertiary/aromatic N) is 3. The highest BCUT2D eigenvalue weighted by molar-refractivity contribution is 5.56. The van der Waals surface area contributed by atoms with Crippen molar-refractivity contribution in [3.63, 3.8) is 0 Å². The van der Waals surface area contributed by atoms with Gasteiger partial charge in [0.2, 0.25) is 0 Å². The van der Waals surface area contributed by atoms with Gasteiger partial charge in [0.1, 0.15) is 0 Å². The van der Waals surface area contributed by atoms with E-state index in [1.165, 1.54) is 0 Å². The maximum Gasteiger partial charge on any atom is 0.180 e. The van der Waals surface area contributed by atoms with Crippen LogP contribution >= 0.6 is 0 Å². The Morgan fingerprint density at radius 2 is 2.21 bits per heavy atom. The van der Waals surface area contributed by atoms with Crippen LogP contribution in [0.5, 0.6) is 0 Å². The molecule has 3 aromatic rings. The number of H-pyrrole nitrogens is 1. The van der Waals surface area contributed by atoms with Crippen molar-refractivity contribution in [2.45, 2.75) is 0 Å². The van der Waals surface area contributed by atoms with Gasteiger partial charge < -0.3 is 4.98 Å². The molecule has 14 heavy (non-hydrogen) atoms. The monoisotopic (exact) mass is 184 g/mol. The molecule has 3 heterocycles. The van der Waals surface area contributed by atoms with Gasteiger partial charge >= 0.3 is 0 Å². The van der Waals surface area contributed by atoms with Crippen molar-refractivity contribution in [1.29, 1.82) is 0 Å². The molecule has 0 amide bonds. The average Bonchev–Trinajstić information content (AvgIpc) is 2.85. The van der Waals surface area contributed by atoms with Crippen molar-refractivity contribution in [2.24, 2.45) is 0 Å². The lowest BCUT2D eigenvalue weighted by molar-refractivity contribution is 1.11. The molecule has 0 radical (unpaired) electrons. The molecule has 0 saturated carbocycles. The summed E-state index contributed by atoms with van der Waals surface area (Å²) in [5.41, 5.74) is 1.07. The minimum atomic E-state index is 0.788. The average molecular weight is 184 g/mol. The Morgan fingerprint density at radius 1 is 1.21 bits per heavy atom. The van der Waals surface area contributed by atoms with Crippen molar-refractivity contribution < 1.29 is 0 Å². The van der Waals surface area contributed by atoms with Crippen LogP contribution in [0.3, 0.4) is 0 Å². The number of hydrogen-bond acceptors (Lipinski definition) is 2. The topological polar surface area (TPSA) is 46.0 Å². The van der Waals surface area contributed by atoms with Crippen LogP contribution in [0.2, 0.25) is 0 Å². The molecule has 0 aliphatic heterocycles. The first kappa shape index (κ1) is 7.32. The van der Waals surface area contributed by atoms with E-state index in [-0.39, 0.29) is 0 Å². The molecule has 0 unspecified atom stereocenters. The molecule has 68 valence electrons. The van der Waals surface area contributed by atoms with Gasteiger partial charge in [0.15, 0.2) is 11.6 Å². The molecule has 0 aliphatic carbocycles. The predicted molar refractivity (Wildman–Crippen MR) is 52.8 cm³/mol. The van der Waals surface area contributed by atoms with E-state index in [0.717, 1.165) is 17.2 Å². The van der Waals surface area contributed by atoms with Crippen molar-refractivity contribution in [1.82, 2.24) is 19.4 Å². The minimum Gasteiger partial charge on any atom is -0.342 e. The number of nitrogens with one attached hydrogen (secondary N) is 1. The van der Waals surface area contributed by atoms with Crippen LogP contribution in [0.4, 0.5) is 0 Å². The molecule has 3 aromatic heterocycles. The van der Waals surface area contributed by atoms with E-state index < -0.39 is 0 Å². The third-order valence-electron chi connectivity index (χ3n) is 2.15. The number of rotatable bonds is 1. The van der Waals surface area contributed by atoms with E-state index in [9.17, 15) is 0 Å². The molecule has 0 saturated heterocycles. The zero-order valence-corrected chi connectivity index (χ0v) is 7.38. The molecule has 3 rings (SSSR count). The fourth-order valence-electron chi connectivity index (χ4n) is 1.51. The van der Waals surface area contributed by atoms with Crippen LogP contribution in [-0.4, -0.2) is 19.4 Å². The fraction of sp³-hybridized carbons (Fsp3) is 0. The summed E-state index contributed by atoms with van der Waals surface area (Å²) in [5.74, 6) is 1.63. The van der Waals surface area contributed by atoms with Gasteiger partial charge in [0.05, 0.1) is 11.7 Å². The van der Waals surface area contributed by atoms with Gasteiger partial charge in [0, 0.05) is 18.6 Å². The van der Waals surface area contributed by atoms with E-state index in [1.807, 2.05) is 35.0 Å². The van der Waals surface area contributed by atoms with E-state index >= 15 is 0 Å². The van der Waals surface area contributed by atoms with Gasteiger partial charge in [-0.25, -0.2) is 9.97 Å². The number of aromatic amines is 1. The molecule has 0 aliphatic rings. The normalized spacial score (nSPS) is 10.9. The molecule has 0 aromatic carbocycles. The Morgan fingerprint density at radius 3 is 3.07 bits per heavy atom. The highest BCUT2D eigenvalue weighted by Crippen LogP contribution is 2.14. The van der Waals surface area contributed by atoms with E-state index in [0.29, 0.717) is 0 Å². The smallest absolute Gasteiger partial charge is 0.180 e. The fourth-order valence-corrected chi connectivity index (χ4v) is 1.51. The number of imidazole rings is 2. The first-order chi connectivity index (χ1) is 6.95. The Bertz CT molecular complexity index is 550. The maximum absolute atomic E-state index is 4.31. The summed E-state index contributed by atoms with van der Waals surface area (Å²) < 4.78 is 2.00. The largest absolute Gasteiger partial charge is 0.342 e. The number of aromatic nitrogens is 4. The lowest BCUT2D eigenvalue weighted by Gasteiger charge is -1.96. The second-order valence-electron chi connectivity index (χ2n) is 3.02. The first-order valence-corrected chi connectivity index (χ1v) is 4.37. The van der Waals surface area contributed by atoms with E-state index in [4.69, 9.17) is 0 Å². The van der Waals surface area contributed by atoms with Gasteiger partial charge in [-0.2, -0.15) is 0 Å². The van der Waals surface area contributed by atoms with Crippen molar-refractivity contribution >= 4 is 5.52 Å². The standard InChI is InChI=1S/C10H8N4/c1-2-6-14-8(3-1)7-13-10(14)9-11-4-5-12-9/h1-7H,(H,11,12). The van der Waals surface area contributed by atoms with E-state index in [1.54, 1.807) is 12.4 Å². The molecule has 0 spiro atoms. The summed E-state index contributed by atoms with van der Waals surface area (Å²) in [5, 5.41) is 0. The summed E-state index contributed by atoms with van der Waals surface area (Å²) in [6.45, 7) is 0. The molecule has 1 N–H and O–H groups in total. The zero-order valence-electron chi connectivity index (χ0n) is 7.38. The zero-order chi connectivity index (χ0) is 9.38. The lowest BCUT2D eigenvalue weighted by Crippen LogP contribution is -1.89. The van der Waals surface area contributed by atoms with Gasteiger partial charge in [-0.05, 0) is 12.1 Å². The Balaban J connectivity index is 2.33. The minimum absolute atomic E-state index is 0.788. The van der Waals surface area contributed by atoms with Gasteiger partial charge in [-0.15, -0.1) is 0 Å². The van der Waals surface area contributed by atoms with E-state index in [2.05, 4.69) is 15.0 Å². The molecule has 0 bridgehead atoms. The molecular weight excluding hydrogens is 176 g/mol. The summed E-state index contributed by atoms with van der Waals surface area (Å²) in [4.78, 5) is 11.5. The van der Waals surface area contributed by atoms with Gasteiger partial charge in [0.25, 0.3) is 0 Å². The summed E-state index contributed by atoms with van der Waals surface area (Å²) in [7, 11) is 0. The Hall–Kier alpha value is -2.10. The van der Waals surface area contributed by atoms with Crippen LogP contribution in [-0.2, 0) is 0 Å². The van der Waals surface area contributed by atoms with Crippen LogP contribution < -0.4 is 0 Å². The second-order valence-corrected chi connectivity index (χ2v) is 3.02. The van der Waals surface area contributed by atoms with Crippen LogP contribution in [0.15, 0.2) is 43.0 Å². The Labute approximate surface area is 80.3 Å². The van der Waals surface area contributed by atoms with Gasteiger partial charge in [-0.3, -0.25) is 4.40 Å². The summed E-state index contributed by atoms with van der Waals surface area (Å²) in [6, 6.07) is 5.98. The van der Waals surface area contributed by atoms with Crippen LogP contribution in [0, 0.1) is 0 Å². The second kappa shape index (κ2) is 2.70. The highest BCUT2D eigenvalue weighted by atomic mass is 15.1. The molecule has 0 fully saturated rings. The quantitative estimate of drug-likeness (QED) is 0.626. The SMILES string of the molecule is c1ccn2c(-c3ncc[nH]3)ncc2c1. The number of hydrogen-bond donors (Lipinski definition) is 1. The third kappa shape index (κ3) is 0.939. The van der Waals surface area contributed by atoms with Gasteiger partial charge in [-0.1, -0.05) is 6.07 Å². The maximum atomic E-state index is 4.31. The van der Waals surface area contributed by atoms with Crippen molar-refractivity contribution in [2.75, 3.05) is 0 Å². The molecule has 0 atom stereocenters. The van der Waals surface area contributed by atoms with Crippen LogP contribution in [0.25, 0.3) is 17.2 Å². The summed E-state index contributed by atoms with van der Waals surface area (Å²) in [6.07, 6.45) is 7.32. The lowest BCUT2D eigenvalue weighted by atomic mass is 10.4.